The molecule has 2 aliphatic heterocycles. The Bertz CT molecular complexity index is 2030. The van der Waals surface area contributed by atoms with Crippen LogP contribution in [0.1, 0.15) is 27.8 Å². The second-order valence-electron chi connectivity index (χ2n) is 17.6. The average Bonchev–Trinajstić information content (AvgIpc) is 3.32. The number of aliphatic hydroxyl groups excluding tert-OH is 2. The Morgan fingerprint density at radius 2 is 0.859 bits per heavy atom. The Morgan fingerprint density at radius 3 is 1.31 bits per heavy atom. The zero-order valence-electron chi connectivity index (χ0n) is 37.1. The molecule has 12 heteroatoms. The summed E-state index contributed by atoms with van der Waals surface area (Å²) in [6.45, 7) is 8.11. The molecule has 0 saturated carbocycles. The van der Waals surface area contributed by atoms with Gasteiger partial charge in [0, 0.05) is 14.7 Å². The van der Waals surface area contributed by atoms with Crippen molar-refractivity contribution in [2.75, 3.05) is 19.8 Å². The molecule has 0 aliphatic carbocycles. The maximum atomic E-state index is 12.4. The van der Waals surface area contributed by atoms with Gasteiger partial charge in [0.2, 0.25) is 0 Å². The fourth-order valence-electron chi connectivity index (χ4n) is 7.78. The molecular formula is C52H64O11Si. The van der Waals surface area contributed by atoms with Crippen molar-refractivity contribution in [3.05, 3.63) is 179 Å². The van der Waals surface area contributed by atoms with Gasteiger partial charge in [-0.3, -0.25) is 0 Å². The summed E-state index contributed by atoms with van der Waals surface area (Å²) in [4.78, 5) is 0. The Hall–Kier alpha value is -4.12. The molecule has 2 fully saturated rings. The second-order valence-corrected chi connectivity index (χ2v) is 23.2. The lowest BCUT2D eigenvalue weighted by Crippen LogP contribution is -2.66. The molecule has 5 aromatic carbocycles. The number of rotatable bonds is 23. The van der Waals surface area contributed by atoms with Crippen LogP contribution < -0.4 is 0 Å². The Labute approximate surface area is 379 Å². The lowest BCUT2D eigenvalue weighted by atomic mass is 9.96. The van der Waals surface area contributed by atoms with Crippen LogP contribution in [0.2, 0.25) is 25.7 Å². The molecular weight excluding hydrogens is 829 g/mol. The minimum absolute atomic E-state index is 0.119. The van der Waals surface area contributed by atoms with Gasteiger partial charge >= 0.3 is 0 Å². The normalized spacial score (nSPS) is 26.1. The molecule has 10 atom stereocenters. The highest BCUT2D eigenvalue weighted by Gasteiger charge is 2.54. The highest BCUT2D eigenvalue weighted by atomic mass is 28.3. The third-order valence-electron chi connectivity index (χ3n) is 11.3. The standard InChI is InChI=1S/C52H64O11Si/c1-64(2,3)30-29-56-51-48(58-34-40-23-13-6-14-24-40)45(54)46(43(31-53)61-51)63-52-50(60-36-42-27-17-8-18-28-42)49(59-35-41-25-15-7-16-26-41)47(57-33-39-21-11-5-12-22-39)44(62-52)37-55-32-38-19-9-4-10-20-38/h4-28,43-54H,29-37H2,1-3H3/t43-,44-,45+,46-,47-,48-,49+,50+,51-,52+/m1/s1. The van der Waals surface area contributed by atoms with Gasteiger partial charge in [-0.1, -0.05) is 171 Å². The Kier molecular flexibility index (Phi) is 18.2. The van der Waals surface area contributed by atoms with E-state index in [-0.39, 0.29) is 33.0 Å². The molecule has 64 heavy (non-hydrogen) atoms. The Balaban J connectivity index is 1.22. The zero-order chi connectivity index (χ0) is 44.6. The monoisotopic (exact) mass is 892 g/mol. The first kappa shape index (κ1) is 47.8. The summed E-state index contributed by atoms with van der Waals surface area (Å²) < 4.78 is 60.1. The van der Waals surface area contributed by atoms with Gasteiger partial charge in [0.05, 0.1) is 46.2 Å². The van der Waals surface area contributed by atoms with Gasteiger partial charge in [0.1, 0.15) is 48.8 Å². The number of benzene rings is 5. The molecule has 5 aromatic rings. The first-order valence-electron chi connectivity index (χ1n) is 22.3. The van der Waals surface area contributed by atoms with Crippen LogP contribution in [0.4, 0.5) is 0 Å². The second kappa shape index (κ2) is 24.4. The number of aliphatic hydroxyl groups is 2. The van der Waals surface area contributed by atoms with Gasteiger partial charge < -0.3 is 52.8 Å². The van der Waals surface area contributed by atoms with Crippen molar-refractivity contribution < 1.29 is 52.8 Å². The molecule has 0 spiro atoms. The molecule has 0 radical (unpaired) electrons. The largest absolute Gasteiger partial charge is 0.394 e. The third-order valence-corrected chi connectivity index (χ3v) is 13.1. The van der Waals surface area contributed by atoms with E-state index in [0.717, 1.165) is 33.9 Å². The molecule has 2 aliphatic rings. The summed E-state index contributed by atoms with van der Waals surface area (Å²) in [6, 6.07) is 50.2. The van der Waals surface area contributed by atoms with Crippen molar-refractivity contribution in [1.82, 2.24) is 0 Å². The summed E-state index contributed by atoms with van der Waals surface area (Å²) in [5.41, 5.74) is 4.79. The van der Waals surface area contributed by atoms with Crippen molar-refractivity contribution in [2.24, 2.45) is 0 Å². The van der Waals surface area contributed by atoms with Crippen LogP contribution >= 0.6 is 0 Å². The number of ether oxygens (including phenoxy) is 9. The zero-order valence-corrected chi connectivity index (χ0v) is 38.1. The van der Waals surface area contributed by atoms with E-state index in [1.807, 2.05) is 152 Å². The number of hydrogen-bond acceptors (Lipinski definition) is 11. The summed E-state index contributed by atoms with van der Waals surface area (Å²) in [6.07, 6.45) is -9.68. The van der Waals surface area contributed by atoms with Crippen LogP contribution in [0.15, 0.2) is 152 Å². The van der Waals surface area contributed by atoms with Crippen LogP contribution in [0, 0.1) is 0 Å². The van der Waals surface area contributed by atoms with Gasteiger partial charge in [-0.15, -0.1) is 0 Å². The summed E-state index contributed by atoms with van der Waals surface area (Å²) >= 11 is 0. The highest BCUT2D eigenvalue weighted by molar-refractivity contribution is 6.76. The van der Waals surface area contributed by atoms with E-state index in [1.165, 1.54) is 0 Å². The quantitative estimate of drug-likeness (QED) is 0.0619. The van der Waals surface area contributed by atoms with Gasteiger partial charge in [-0.2, -0.15) is 0 Å². The third kappa shape index (κ3) is 14.2. The van der Waals surface area contributed by atoms with Gasteiger partial charge in [-0.25, -0.2) is 0 Å². The summed E-state index contributed by atoms with van der Waals surface area (Å²) in [5.74, 6) is 0. The predicted octanol–water partition coefficient (Wildman–Crippen LogP) is 8.09. The predicted molar refractivity (Wildman–Crippen MR) is 246 cm³/mol. The fraction of sp³-hybridized carbons (Fsp3) is 0.423. The SMILES string of the molecule is C[Si](C)(C)CCO[C@@H]1O[C@H](CO)[C@@H](O[C@@H]2O[C@H](COCc3ccccc3)[C@@H](OCc3ccccc3)[C@H](OCc3ccccc3)[C@@H]2OCc2ccccc2)[C@H](O)[C@H]1OCc1ccccc1. The minimum atomic E-state index is -1.48. The van der Waals surface area contributed by atoms with Gasteiger partial charge in [0.25, 0.3) is 0 Å². The van der Waals surface area contributed by atoms with Gasteiger partial charge in [-0.05, 0) is 33.9 Å². The lowest BCUT2D eigenvalue weighted by molar-refractivity contribution is -0.373. The van der Waals surface area contributed by atoms with Crippen molar-refractivity contribution in [3.63, 3.8) is 0 Å². The molecule has 342 valence electrons. The summed E-state index contributed by atoms with van der Waals surface area (Å²) in [7, 11) is -1.48. The average molecular weight is 893 g/mol. The first-order valence-corrected chi connectivity index (χ1v) is 26.1. The molecule has 2 heterocycles. The van der Waals surface area contributed by atoms with E-state index in [2.05, 4.69) is 19.6 Å². The maximum Gasteiger partial charge on any atom is 0.187 e. The molecule has 0 bridgehead atoms. The van der Waals surface area contributed by atoms with E-state index >= 15 is 0 Å². The Morgan fingerprint density at radius 1 is 0.453 bits per heavy atom. The van der Waals surface area contributed by atoms with Gasteiger partial charge in [0.15, 0.2) is 12.6 Å². The van der Waals surface area contributed by atoms with E-state index in [9.17, 15) is 10.2 Å². The van der Waals surface area contributed by atoms with Crippen molar-refractivity contribution in [2.45, 2.75) is 120 Å². The molecule has 2 saturated heterocycles. The smallest absolute Gasteiger partial charge is 0.187 e. The van der Waals surface area contributed by atoms with Crippen LogP contribution in [-0.2, 0) is 75.7 Å². The van der Waals surface area contributed by atoms with E-state index in [1.54, 1.807) is 0 Å². The first-order chi connectivity index (χ1) is 31.2. The van der Waals surface area contributed by atoms with E-state index in [0.29, 0.717) is 13.2 Å². The fourth-order valence-corrected chi connectivity index (χ4v) is 8.51. The minimum Gasteiger partial charge on any atom is -0.394 e. The van der Waals surface area contributed by atoms with Crippen molar-refractivity contribution >= 4 is 8.07 Å². The van der Waals surface area contributed by atoms with E-state index < -0.39 is 76.1 Å². The molecule has 0 amide bonds. The van der Waals surface area contributed by atoms with Crippen molar-refractivity contribution in [1.29, 1.82) is 0 Å². The molecule has 0 unspecified atom stereocenters. The maximum absolute atomic E-state index is 12.4. The van der Waals surface area contributed by atoms with Crippen LogP contribution in [0.25, 0.3) is 0 Å². The summed E-state index contributed by atoms with van der Waals surface area (Å²) in [5, 5.41) is 23.3. The molecule has 2 N–H and O–H groups in total. The number of hydrogen-bond donors (Lipinski definition) is 2. The van der Waals surface area contributed by atoms with Crippen molar-refractivity contribution in [3.8, 4) is 0 Å². The molecule has 0 aromatic heterocycles. The molecule has 11 nitrogen and oxygen atoms in total. The highest BCUT2D eigenvalue weighted by Crippen LogP contribution is 2.35. The van der Waals surface area contributed by atoms with Crippen LogP contribution in [0.3, 0.4) is 0 Å². The lowest BCUT2D eigenvalue weighted by Gasteiger charge is -2.49. The van der Waals surface area contributed by atoms with Crippen LogP contribution in [-0.4, -0.2) is 99.5 Å². The molecule has 7 rings (SSSR count). The topological polar surface area (TPSA) is 124 Å². The van der Waals surface area contributed by atoms with E-state index in [4.69, 9.17) is 42.6 Å². The van der Waals surface area contributed by atoms with Crippen LogP contribution in [0.5, 0.6) is 0 Å².